The quantitative estimate of drug-likeness (QED) is 0.255. The summed E-state index contributed by atoms with van der Waals surface area (Å²) in [6.45, 7) is 0. The zero-order valence-electron chi connectivity index (χ0n) is 14.7. The number of rotatable bonds is 8. The van der Waals surface area contributed by atoms with Crippen LogP contribution >= 0.6 is 27.5 Å². The van der Waals surface area contributed by atoms with E-state index in [1.165, 1.54) is 0 Å². The van der Waals surface area contributed by atoms with Crippen LogP contribution in [-0.4, -0.2) is 22.0 Å². The standard InChI is InChI=1S/C21H20BrClN2O2/c22-12-6-2-5-9-18(26)25-19-16-11-10-15(23)13-17(16)24-20(19)21(27)14-7-3-1-4-8-14/h1,3-4,7-8,10-11,13,24H,2,5-6,9,12H2,(H,25,26). The number of anilines is 1. The van der Waals surface area contributed by atoms with Crippen molar-refractivity contribution in [2.45, 2.75) is 25.7 Å². The number of carbonyl (C=O) groups excluding carboxylic acids is 2. The number of alkyl halides is 1. The molecule has 0 aliphatic carbocycles. The Kier molecular flexibility index (Phi) is 6.69. The molecule has 0 radical (unpaired) electrons. The van der Waals surface area contributed by atoms with E-state index in [9.17, 15) is 9.59 Å². The van der Waals surface area contributed by atoms with Gasteiger partial charge in [0.15, 0.2) is 0 Å². The van der Waals surface area contributed by atoms with Crippen LogP contribution in [0.1, 0.15) is 41.7 Å². The zero-order chi connectivity index (χ0) is 19.2. The van der Waals surface area contributed by atoms with Gasteiger partial charge in [0.05, 0.1) is 5.69 Å². The van der Waals surface area contributed by atoms with Crippen molar-refractivity contribution in [1.29, 1.82) is 0 Å². The number of hydrogen-bond acceptors (Lipinski definition) is 2. The minimum atomic E-state index is -0.169. The molecule has 0 unspecified atom stereocenters. The summed E-state index contributed by atoms with van der Waals surface area (Å²) in [5, 5.41) is 5.21. The molecule has 27 heavy (non-hydrogen) atoms. The van der Waals surface area contributed by atoms with Crippen molar-refractivity contribution >= 4 is 55.8 Å². The van der Waals surface area contributed by atoms with E-state index in [-0.39, 0.29) is 11.7 Å². The fraction of sp³-hybridized carbons (Fsp3) is 0.238. The van der Waals surface area contributed by atoms with Gasteiger partial charge in [-0.05, 0) is 31.0 Å². The molecule has 4 nitrogen and oxygen atoms in total. The predicted octanol–water partition coefficient (Wildman–Crippen LogP) is 5.95. The largest absolute Gasteiger partial charge is 0.350 e. The van der Waals surface area contributed by atoms with Crippen molar-refractivity contribution in [3.8, 4) is 0 Å². The summed E-state index contributed by atoms with van der Waals surface area (Å²) in [5.74, 6) is -0.264. The van der Waals surface area contributed by atoms with Crippen LogP contribution in [0.5, 0.6) is 0 Å². The van der Waals surface area contributed by atoms with Gasteiger partial charge >= 0.3 is 0 Å². The maximum absolute atomic E-state index is 13.0. The first-order chi connectivity index (χ1) is 13.1. The van der Waals surface area contributed by atoms with Crippen LogP contribution in [0.3, 0.4) is 0 Å². The molecule has 0 atom stereocenters. The second-order valence-corrected chi connectivity index (χ2v) is 7.54. The number of H-pyrrole nitrogens is 1. The van der Waals surface area contributed by atoms with Crippen LogP contribution in [0.2, 0.25) is 5.02 Å². The van der Waals surface area contributed by atoms with Crippen molar-refractivity contribution in [2.24, 2.45) is 0 Å². The second-order valence-electron chi connectivity index (χ2n) is 6.31. The van der Waals surface area contributed by atoms with Gasteiger partial charge in [0.2, 0.25) is 11.7 Å². The lowest BCUT2D eigenvalue weighted by Gasteiger charge is -2.07. The van der Waals surface area contributed by atoms with Crippen molar-refractivity contribution in [3.63, 3.8) is 0 Å². The Labute approximate surface area is 171 Å². The highest BCUT2D eigenvalue weighted by atomic mass is 79.9. The first-order valence-electron chi connectivity index (χ1n) is 8.87. The van der Waals surface area contributed by atoms with Gasteiger partial charge in [0.25, 0.3) is 0 Å². The molecule has 0 saturated heterocycles. The molecular weight excluding hydrogens is 428 g/mol. The number of nitrogens with one attached hydrogen (secondary N) is 2. The monoisotopic (exact) mass is 446 g/mol. The van der Waals surface area contributed by atoms with Gasteiger partial charge in [-0.2, -0.15) is 0 Å². The van der Waals surface area contributed by atoms with Gasteiger partial charge in [-0.25, -0.2) is 0 Å². The molecule has 2 N–H and O–H groups in total. The van der Waals surface area contributed by atoms with E-state index in [1.54, 1.807) is 24.3 Å². The Hall–Kier alpha value is -2.11. The van der Waals surface area contributed by atoms with Crippen molar-refractivity contribution in [1.82, 2.24) is 4.98 Å². The summed E-state index contributed by atoms with van der Waals surface area (Å²) in [6.07, 6.45) is 3.26. The average Bonchev–Trinajstić information content (AvgIpc) is 3.02. The topological polar surface area (TPSA) is 62.0 Å². The lowest BCUT2D eigenvalue weighted by molar-refractivity contribution is -0.116. The highest BCUT2D eigenvalue weighted by molar-refractivity contribution is 9.09. The van der Waals surface area contributed by atoms with Crippen LogP contribution in [0.15, 0.2) is 48.5 Å². The van der Waals surface area contributed by atoms with Crippen molar-refractivity contribution in [3.05, 3.63) is 64.8 Å². The maximum atomic E-state index is 13.0. The van der Waals surface area contributed by atoms with E-state index in [0.717, 1.165) is 35.5 Å². The number of amides is 1. The van der Waals surface area contributed by atoms with Gasteiger partial charge in [-0.1, -0.05) is 64.3 Å². The lowest BCUT2D eigenvalue weighted by Crippen LogP contribution is -2.14. The zero-order valence-corrected chi connectivity index (χ0v) is 17.1. The molecule has 3 aromatic rings. The normalized spacial score (nSPS) is 10.9. The number of carbonyl (C=O) groups is 2. The number of benzene rings is 2. The van der Waals surface area contributed by atoms with Gasteiger partial charge in [-0.15, -0.1) is 0 Å². The molecule has 140 valence electrons. The summed E-state index contributed by atoms with van der Waals surface area (Å²) in [5.41, 5.74) is 2.16. The van der Waals surface area contributed by atoms with Gasteiger partial charge in [0, 0.05) is 33.2 Å². The smallest absolute Gasteiger partial charge is 0.224 e. The number of halogens is 2. The Morgan fingerprint density at radius 3 is 2.56 bits per heavy atom. The summed E-state index contributed by atoms with van der Waals surface area (Å²) in [6, 6.07) is 14.3. The first kappa shape index (κ1) is 19.6. The third-order valence-electron chi connectivity index (χ3n) is 4.33. The van der Waals surface area contributed by atoms with Crippen LogP contribution in [0, 0.1) is 0 Å². The molecule has 0 saturated carbocycles. The van der Waals surface area contributed by atoms with Gasteiger partial charge < -0.3 is 10.3 Å². The number of hydrogen-bond donors (Lipinski definition) is 2. The highest BCUT2D eigenvalue weighted by Gasteiger charge is 2.20. The number of ketones is 1. The molecule has 0 fully saturated rings. The van der Waals surface area contributed by atoms with Gasteiger partial charge in [0.1, 0.15) is 5.69 Å². The van der Waals surface area contributed by atoms with Gasteiger partial charge in [-0.3, -0.25) is 9.59 Å². The Morgan fingerprint density at radius 2 is 1.81 bits per heavy atom. The van der Waals surface area contributed by atoms with Crippen LogP contribution in [-0.2, 0) is 4.79 Å². The Bertz CT molecular complexity index is 953. The van der Waals surface area contributed by atoms with E-state index in [1.807, 2.05) is 24.3 Å². The van der Waals surface area contributed by atoms with E-state index in [4.69, 9.17) is 11.6 Å². The van der Waals surface area contributed by atoms with E-state index >= 15 is 0 Å². The van der Waals surface area contributed by atoms with E-state index in [2.05, 4.69) is 26.2 Å². The molecule has 1 amide bonds. The number of aromatic amines is 1. The van der Waals surface area contributed by atoms with E-state index < -0.39 is 0 Å². The summed E-state index contributed by atoms with van der Waals surface area (Å²) in [7, 11) is 0. The fourth-order valence-electron chi connectivity index (χ4n) is 2.96. The molecule has 1 heterocycles. The third kappa shape index (κ3) is 4.79. The first-order valence-corrected chi connectivity index (χ1v) is 10.4. The lowest BCUT2D eigenvalue weighted by atomic mass is 10.1. The Balaban J connectivity index is 1.92. The summed E-state index contributed by atoms with van der Waals surface area (Å²) >= 11 is 9.48. The molecule has 6 heteroatoms. The molecule has 3 rings (SSSR count). The van der Waals surface area contributed by atoms with Crippen molar-refractivity contribution < 1.29 is 9.59 Å². The van der Waals surface area contributed by atoms with Crippen LogP contribution < -0.4 is 5.32 Å². The molecule has 2 aromatic carbocycles. The molecule has 0 bridgehead atoms. The fourth-order valence-corrected chi connectivity index (χ4v) is 3.53. The highest BCUT2D eigenvalue weighted by Crippen LogP contribution is 2.31. The summed E-state index contributed by atoms with van der Waals surface area (Å²) in [4.78, 5) is 28.5. The average molecular weight is 448 g/mol. The molecule has 0 aliphatic rings. The van der Waals surface area contributed by atoms with Crippen molar-refractivity contribution in [2.75, 3.05) is 10.6 Å². The second kappa shape index (κ2) is 9.20. The molecule has 1 aromatic heterocycles. The molecular formula is C21H20BrClN2O2. The SMILES string of the molecule is O=C(CCCCCBr)Nc1c(C(=O)c2ccccc2)[nH]c2cc(Cl)ccc12. The van der Waals surface area contributed by atoms with Crippen LogP contribution in [0.4, 0.5) is 5.69 Å². The molecule has 0 spiro atoms. The minimum Gasteiger partial charge on any atom is -0.350 e. The Morgan fingerprint density at radius 1 is 1.04 bits per heavy atom. The summed E-state index contributed by atoms with van der Waals surface area (Å²) < 4.78 is 0. The van der Waals surface area contributed by atoms with Crippen LogP contribution in [0.25, 0.3) is 10.9 Å². The predicted molar refractivity (Wildman–Crippen MR) is 114 cm³/mol. The van der Waals surface area contributed by atoms with E-state index in [0.29, 0.717) is 28.4 Å². The minimum absolute atomic E-state index is 0.0949. The third-order valence-corrected chi connectivity index (χ3v) is 5.12. The maximum Gasteiger partial charge on any atom is 0.224 e. The molecule has 0 aliphatic heterocycles. The number of unbranched alkanes of at least 4 members (excludes halogenated alkanes) is 2. The number of aromatic nitrogens is 1. The number of fused-ring (bicyclic) bond motifs is 1.